The Balaban J connectivity index is 1.49. The summed E-state index contributed by atoms with van der Waals surface area (Å²) in [6.07, 6.45) is 2.90. The van der Waals surface area contributed by atoms with Crippen LogP contribution in [0.2, 0.25) is 0 Å². The average molecular weight is 511 g/mol. The summed E-state index contributed by atoms with van der Waals surface area (Å²) in [6.45, 7) is 7.85. The summed E-state index contributed by atoms with van der Waals surface area (Å²) >= 11 is 3.49. The molecule has 3 aromatic rings. The number of likely N-dealkylation sites (N-methyl/N-ethyl adjacent to an activating group) is 1. The van der Waals surface area contributed by atoms with Crippen LogP contribution in [0.3, 0.4) is 0 Å². The van der Waals surface area contributed by atoms with Gasteiger partial charge in [0.2, 0.25) is 11.9 Å². The van der Waals surface area contributed by atoms with Crippen LogP contribution in [0.15, 0.2) is 65.3 Å². The Labute approximate surface area is 204 Å². The lowest BCUT2D eigenvalue weighted by atomic mass is 10.1. The highest BCUT2D eigenvalue weighted by atomic mass is 79.9. The number of aryl methyl sites for hydroxylation is 1. The predicted molar refractivity (Wildman–Crippen MR) is 138 cm³/mol. The van der Waals surface area contributed by atoms with Crippen molar-refractivity contribution in [2.24, 2.45) is 0 Å². The van der Waals surface area contributed by atoms with Gasteiger partial charge in [-0.25, -0.2) is 4.98 Å². The van der Waals surface area contributed by atoms with Gasteiger partial charge in [-0.05, 0) is 65.3 Å². The fourth-order valence-corrected chi connectivity index (χ4v) is 3.59. The molecule has 0 bridgehead atoms. The minimum atomic E-state index is 0.0889. The van der Waals surface area contributed by atoms with E-state index in [2.05, 4.69) is 60.6 Å². The van der Waals surface area contributed by atoms with E-state index in [0.29, 0.717) is 31.2 Å². The molecule has 2 aromatic carbocycles. The molecule has 0 aliphatic carbocycles. The zero-order valence-corrected chi connectivity index (χ0v) is 20.7. The van der Waals surface area contributed by atoms with Gasteiger partial charge in [-0.2, -0.15) is 4.98 Å². The van der Waals surface area contributed by atoms with Crippen molar-refractivity contribution in [1.82, 2.24) is 20.2 Å². The topological polar surface area (TPSA) is 82.2 Å². The zero-order valence-electron chi connectivity index (χ0n) is 19.1. The van der Waals surface area contributed by atoms with Gasteiger partial charge in [0, 0.05) is 37.1 Å². The second-order valence-electron chi connectivity index (χ2n) is 7.58. The molecule has 174 valence electrons. The Hall–Kier alpha value is -2.97. The van der Waals surface area contributed by atoms with Crippen LogP contribution in [0.1, 0.15) is 25.8 Å². The monoisotopic (exact) mass is 510 g/mol. The highest BCUT2D eigenvalue weighted by molar-refractivity contribution is 9.10. The Bertz CT molecular complexity index is 1010. The maximum absolute atomic E-state index is 12.1. The van der Waals surface area contributed by atoms with Crippen LogP contribution in [-0.4, -0.2) is 47.0 Å². The highest BCUT2D eigenvalue weighted by Crippen LogP contribution is 2.25. The van der Waals surface area contributed by atoms with E-state index in [4.69, 9.17) is 0 Å². The first-order valence-corrected chi connectivity index (χ1v) is 12.1. The van der Waals surface area contributed by atoms with Gasteiger partial charge in [0.1, 0.15) is 5.82 Å². The van der Waals surface area contributed by atoms with Crippen molar-refractivity contribution in [2.45, 2.75) is 26.7 Å². The maximum Gasteiger partial charge on any atom is 0.229 e. The van der Waals surface area contributed by atoms with E-state index in [-0.39, 0.29) is 5.91 Å². The molecule has 0 unspecified atom stereocenters. The van der Waals surface area contributed by atoms with Crippen LogP contribution < -0.4 is 16.0 Å². The second-order valence-corrected chi connectivity index (χ2v) is 8.43. The van der Waals surface area contributed by atoms with Gasteiger partial charge in [0.25, 0.3) is 0 Å². The van der Waals surface area contributed by atoms with Crippen LogP contribution in [-0.2, 0) is 11.2 Å². The molecule has 3 N–H and O–H groups in total. The first-order chi connectivity index (χ1) is 16.1. The summed E-state index contributed by atoms with van der Waals surface area (Å²) in [7, 11) is 0. The molecule has 0 aliphatic heterocycles. The number of rotatable bonds is 12. The number of hydrogen-bond donors (Lipinski definition) is 3. The fourth-order valence-electron chi connectivity index (χ4n) is 3.30. The number of nitrogens with one attached hydrogen (secondary N) is 3. The number of carbonyl (C=O) groups is 1. The molecule has 0 saturated carbocycles. The molecular formula is C25H31BrN6O. The van der Waals surface area contributed by atoms with E-state index in [9.17, 15) is 4.79 Å². The quantitative estimate of drug-likeness (QED) is 0.313. The Morgan fingerprint density at radius 3 is 2.36 bits per heavy atom. The van der Waals surface area contributed by atoms with Crippen molar-refractivity contribution in [3.8, 4) is 0 Å². The SMILES string of the molecule is CCN(CC)CCNC(=O)CCc1ccc(Nc2ncc(Br)c(Nc3ccccc3)n2)cc1. The van der Waals surface area contributed by atoms with Gasteiger partial charge in [-0.15, -0.1) is 0 Å². The van der Waals surface area contributed by atoms with E-state index < -0.39 is 0 Å². The second kappa shape index (κ2) is 12.9. The van der Waals surface area contributed by atoms with Crippen molar-refractivity contribution in [2.75, 3.05) is 36.8 Å². The minimum absolute atomic E-state index is 0.0889. The van der Waals surface area contributed by atoms with E-state index >= 15 is 0 Å². The smallest absolute Gasteiger partial charge is 0.229 e. The van der Waals surface area contributed by atoms with E-state index in [1.807, 2.05) is 54.6 Å². The van der Waals surface area contributed by atoms with Crippen molar-refractivity contribution in [3.05, 3.63) is 70.8 Å². The largest absolute Gasteiger partial charge is 0.355 e. The zero-order chi connectivity index (χ0) is 23.5. The van der Waals surface area contributed by atoms with Gasteiger partial charge in [0.15, 0.2) is 0 Å². The van der Waals surface area contributed by atoms with E-state index in [1.54, 1.807) is 6.20 Å². The number of carbonyl (C=O) groups excluding carboxylic acids is 1. The van der Waals surface area contributed by atoms with Gasteiger partial charge in [-0.1, -0.05) is 44.2 Å². The third-order valence-electron chi connectivity index (χ3n) is 5.28. The van der Waals surface area contributed by atoms with Gasteiger partial charge in [-0.3, -0.25) is 4.79 Å². The molecule has 0 aliphatic rings. The molecule has 0 spiro atoms. The number of para-hydroxylation sites is 1. The summed E-state index contributed by atoms with van der Waals surface area (Å²) < 4.78 is 0.780. The first-order valence-electron chi connectivity index (χ1n) is 11.3. The lowest BCUT2D eigenvalue weighted by molar-refractivity contribution is -0.121. The number of aromatic nitrogens is 2. The third kappa shape index (κ3) is 8.14. The molecule has 0 saturated heterocycles. The van der Waals surface area contributed by atoms with Crippen molar-refractivity contribution in [3.63, 3.8) is 0 Å². The van der Waals surface area contributed by atoms with Crippen LogP contribution in [0.25, 0.3) is 0 Å². The Morgan fingerprint density at radius 2 is 1.67 bits per heavy atom. The molecule has 1 heterocycles. The number of halogens is 1. The lowest BCUT2D eigenvalue weighted by Gasteiger charge is -2.17. The number of anilines is 4. The maximum atomic E-state index is 12.1. The molecular weight excluding hydrogens is 480 g/mol. The van der Waals surface area contributed by atoms with Crippen molar-refractivity contribution < 1.29 is 4.79 Å². The molecule has 7 nitrogen and oxygen atoms in total. The highest BCUT2D eigenvalue weighted by Gasteiger charge is 2.07. The standard InChI is InChI=1S/C25H31BrN6O/c1-3-32(4-2)17-16-27-23(33)15-12-19-10-13-21(14-11-19)30-25-28-18-22(26)24(31-25)29-20-8-6-5-7-9-20/h5-11,13-14,18H,3-4,12,15-17H2,1-2H3,(H,27,33)(H2,28,29,30,31). The Morgan fingerprint density at radius 1 is 0.970 bits per heavy atom. The summed E-state index contributed by atoms with van der Waals surface area (Å²) in [5.74, 6) is 1.27. The van der Waals surface area contributed by atoms with E-state index in [0.717, 1.165) is 41.0 Å². The lowest BCUT2D eigenvalue weighted by Crippen LogP contribution is -2.34. The first kappa shape index (κ1) is 24.7. The summed E-state index contributed by atoms with van der Waals surface area (Å²) in [5, 5.41) is 9.52. The molecule has 8 heteroatoms. The van der Waals surface area contributed by atoms with Crippen LogP contribution in [0.4, 0.5) is 23.1 Å². The number of amides is 1. The minimum Gasteiger partial charge on any atom is -0.355 e. The van der Waals surface area contributed by atoms with Crippen molar-refractivity contribution >= 4 is 45.0 Å². The molecule has 0 radical (unpaired) electrons. The molecule has 0 fully saturated rings. The Kier molecular flexibility index (Phi) is 9.65. The van der Waals surface area contributed by atoms with Crippen molar-refractivity contribution in [1.29, 1.82) is 0 Å². The fraction of sp³-hybridized carbons (Fsp3) is 0.320. The normalized spacial score (nSPS) is 10.8. The average Bonchev–Trinajstić information content (AvgIpc) is 2.84. The van der Waals surface area contributed by atoms with Gasteiger partial charge >= 0.3 is 0 Å². The molecule has 1 aromatic heterocycles. The molecule has 33 heavy (non-hydrogen) atoms. The van der Waals surface area contributed by atoms with Gasteiger partial charge in [0.05, 0.1) is 4.47 Å². The summed E-state index contributed by atoms with van der Waals surface area (Å²) in [6, 6.07) is 17.9. The third-order valence-corrected chi connectivity index (χ3v) is 5.86. The van der Waals surface area contributed by atoms with Gasteiger partial charge < -0.3 is 20.9 Å². The molecule has 3 rings (SSSR count). The molecule has 0 atom stereocenters. The number of benzene rings is 2. The number of hydrogen-bond acceptors (Lipinski definition) is 6. The molecule has 1 amide bonds. The predicted octanol–water partition coefficient (Wildman–Crippen LogP) is 5.12. The van der Waals surface area contributed by atoms with E-state index in [1.165, 1.54) is 0 Å². The summed E-state index contributed by atoms with van der Waals surface area (Å²) in [4.78, 5) is 23.3. The van der Waals surface area contributed by atoms with Crippen LogP contribution in [0, 0.1) is 0 Å². The summed E-state index contributed by atoms with van der Waals surface area (Å²) in [5.41, 5.74) is 2.95. The van der Waals surface area contributed by atoms with Crippen LogP contribution in [0.5, 0.6) is 0 Å². The number of nitrogens with zero attached hydrogens (tertiary/aromatic N) is 3. The van der Waals surface area contributed by atoms with Crippen LogP contribution >= 0.6 is 15.9 Å².